The zero-order valence-electron chi connectivity index (χ0n) is 10.3. The molecule has 0 radical (unpaired) electrons. The van der Waals surface area contributed by atoms with Crippen molar-refractivity contribution in [1.29, 1.82) is 0 Å². The Hall–Kier alpha value is -1.73. The minimum Gasteiger partial charge on any atom is -0.370 e. The zero-order chi connectivity index (χ0) is 15.7. The highest BCUT2D eigenvalue weighted by atomic mass is 19.4. The SMILES string of the molecule is C[C@H](CC(N)=O)c1cc(C(F)(F)F)cc(C(F)(F)F)c1. The molecule has 1 amide bonds. The Balaban J connectivity index is 3.34. The number of carbonyl (C=O) groups excluding carboxylic acids is 1. The van der Waals surface area contributed by atoms with E-state index in [4.69, 9.17) is 5.73 Å². The highest BCUT2D eigenvalue weighted by molar-refractivity contribution is 5.74. The monoisotopic (exact) mass is 299 g/mol. The maximum atomic E-state index is 12.6. The molecule has 0 spiro atoms. The topological polar surface area (TPSA) is 43.1 Å². The quantitative estimate of drug-likeness (QED) is 0.850. The summed E-state index contributed by atoms with van der Waals surface area (Å²) in [5.41, 5.74) is 1.86. The second kappa shape index (κ2) is 5.34. The molecule has 0 bridgehead atoms. The van der Waals surface area contributed by atoms with Gasteiger partial charge in [0, 0.05) is 6.42 Å². The average Bonchev–Trinajstić information content (AvgIpc) is 2.25. The van der Waals surface area contributed by atoms with E-state index in [2.05, 4.69) is 0 Å². The number of rotatable bonds is 3. The van der Waals surface area contributed by atoms with E-state index in [0.717, 1.165) is 0 Å². The summed E-state index contributed by atoms with van der Waals surface area (Å²) in [6.45, 7) is 1.33. The molecule has 0 saturated carbocycles. The minimum absolute atomic E-state index is 0.0421. The maximum absolute atomic E-state index is 12.6. The number of nitrogens with two attached hydrogens (primary N) is 1. The van der Waals surface area contributed by atoms with E-state index in [-0.39, 0.29) is 18.1 Å². The van der Waals surface area contributed by atoms with Gasteiger partial charge >= 0.3 is 12.4 Å². The number of amides is 1. The molecule has 0 aliphatic carbocycles. The van der Waals surface area contributed by atoms with E-state index in [9.17, 15) is 31.1 Å². The molecule has 1 aromatic rings. The molecule has 0 heterocycles. The van der Waals surface area contributed by atoms with Crippen LogP contribution in [0.25, 0.3) is 0 Å². The third-order valence-electron chi connectivity index (χ3n) is 2.69. The Morgan fingerprint density at radius 2 is 1.45 bits per heavy atom. The molecule has 2 nitrogen and oxygen atoms in total. The predicted molar refractivity (Wildman–Crippen MR) is 58.7 cm³/mol. The van der Waals surface area contributed by atoms with Crippen molar-refractivity contribution in [3.8, 4) is 0 Å². The molecule has 0 saturated heterocycles. The summed E-state index contributed by atoms with van der Waals surface area (Å²) in [6.07, 6.45) is -10.1. The molecule has 1 rings (SSSR count). The molecule has 0 aliphatic heterocycles. The van der Waals surface area contributed by atoms with Crippen molar-refractivity contribution >= 4 is 5.91 Å². The number of benzene rings is 1. The van der Waals surface area contributed by atoms with Crippen LogP contribution in [0.1, 0.15) is 36.0 Å². The molecule has 1 aromatic carbocycles. The van der Waals surface area contributed by atoms with E-state index in [1.165, 1.54) is 6.92 Å². The zero-order valence-corrected chi connectivity index (χ0v) is 10.3. The fourth-order valence-corrected chi connectivity index (χ4v) is 1.68. The Morgan fingerprint density at radius 3 is 1.75 bits per heavy atom. The van der Waals surface area contributed by atoms with E-state index < -0.39 is 35.3 Å². The molecule has 2 N–H and O–H groups in total. The molecular weight excluding hydrogens is 288 g/mol. The summed E-state index contributed by atoms with van der Waals surface area (Å²) >= 11 is 0. The van der Waals surface area contributed by atoms with Gasteiger partial charge in [-0.3, -0.25) is 4.79 Å². The van der Waals surface area contributed by atoms with Crippen molar-refractivity contribution in [2.45, 2.75) is 31.6 Å². The summed E-state index contributed by atoms with van der Waals surface area (Å²) in [5.74, 6) is -1.64. The molecule has 0 aliphatic rings. The Bertz CT molecular complexity index is 473. The number of hydrogen-bond acceptors (Lipinski definition) is 1. The van der Waals surface area contributed by atoms with Gasteiger partial charge in [0.1, 0.15) is 0 Å². The van der Waals surface area contributed by atoms with Gasteiger partial charge in [0.05, 0.1) is 11.1 Å². The fraction of sp³-hybridized carbons (Fsp3) is 0.417. The number of hydrogen-bond donors (Lipinski definition) is 1. The van der Waals surface area contributed by atoms with Gasteiger partial charge in [-0.25, -0.2) is 0 Å². The lowest BCUT2D eigenvalue weighted by molar-refractivity contribution is -0.143. The summed E-state index contributed by atoms with van der Waals surface area (Å²) in [4.78, 5) is 10.7. The largest absolute Gasteiger partial charge is 0.416 e. The van der Waals surface area contributed by atoms with Crippen molar-refractivity contribution in [2.75, 3.05) is 0 Å². The first kappa shape index (κ1) is 16.3. The molecule has 0 fully saturated rings. The van der Waals surface area contributed by atoms with Gasteiger partial charge in [-0.2, -0.15) is 26.3 Å². The fourth-order valence-electron chi connectivity index (χ4n) is 1.68. The first-order valence-electron chi connectivity index (χ1n) is 5.49. The lowest BCUT2D eigenvalue weighted by Gasteiger charge is -2.17. The van der Waals surface area contributed by atoms with Crippen molar-refractivity contribution in [3.05, 3.63) is 34.9 Å². The van der Waals surface area contributed by atoms with Gasteiger partial charge in [0.2, 0.25) is 5.91 Å². The Morgan fingerprint density at radius 1 is 1.05 bits per heavy atom. The van der Waals surface area contributed by atoms with E-state index in [0.29, 0.717) is 12.1 Å². The molecular formula is C12H11F6NO. The first-order valence-corrected chi connectivity index (χ1v) is 5.49. The normalized spacial score (nSPS) is 14.2. The van der Waals surface area contributed by atoms with Crippen LogP contribution in [0.5, 0.6) is 0 Å². The van der Waals surface area contributed by atoms with E-state index in [1.807, 2.05) is 0 Å². The first-order chi connectivity index (χ1) is 8.91. The second-order valence-electron chi connectivity index (χ2n) is 4.41. The Kier molecular flexibility index (Phi) is 4.36. The number of primary amides is 1. The van der Waals surface area contributed by atoms with Crippen LogP contribution in [-0.4, -0.2) is 5.91 Å². The van der Waals surface area contributed by atoms with Crippen LogP contribution in [0.3, 0.4) is 0 Å². The lowest BCUT2D eigenvalue weighted by Crippen LogP contribution is -2.16. The number of alkyl halides is 6. The van der Waals surface area contributed by atoms with Gasteiger partial charge in [-0.1, -0.05) is 6.92 Å². The second-order valence-corrected chi connectivity index (χ2v) is 4.41. The molecule has 0 aromatic heterocycles. The van der Waals surface area contributed by atoms with Crippen molar-refractivity contribution in [3.63, 3.8) is 0 Å². The van der Waals surface area contributed by atoms with Crippen LogP contribution in [0.15, 0.2) is 18.2 Å². The predicted octanol–water partition coefficient (Wildman–Crippen LogP) is 3.70. The van der Waals surface area contributed by atoms with Gasteiger partial charge in [0.25, 0.3) is 0 Å². The molecule has 112 valence electrons. The highest BCUT2D eigenvalue weighted by Crippen LogP contribution is 2.38. The van der Waals surface area contributed by atoms with Crippen LogP contribution in [0, 0.1) is 0 Å². The molecule has 0 unspecified atom stereocenters. The van der Waals surface area contributed by atoms with Crippen molar-refractivity contribution in [2.24, 2.45) is 5.73 Å². The van der Waals surface area contributed by atoms with Gasteiger partial charge in [-0.05, 0) is 29.7 Å². The van der Waals surface area contributed by atoms with E-state index >= 15 is 0 Å². The molecule has 20 heavy (non-hydrogen) atoms. The van der Waals surface area contributed by atoms with Gasteiger partial charge < -0.3 is 5.73 Å². The third-order valence-corrected chi connectivity index (χ3v) is 2.69. The van der Waals surface area contributed by atoms with Gasteiger partial charge in [0.15, 0.2) is 0 Å². The summed E-state index contributed by atoms with van der Waals surface area (Å²) in [5, 5.41) is 0. The summed E-state index contributed by atoms with van der Waals surface area (Å²) in [6, 6.07) is 1.24. The van der Waals surface area contributed by atoms with Crippen LogP contribution in [0.2, 0.25) is 0 Å². The van der Waals surface area contributed by atoms with Gasteiger partial charge in [-0.15, -0.1) is 0 Å². The minimum atomic E-state index is -4.90. The van der Waals surface area contributed by atoms with Crippen LogP contribution < -0.4 is 5.73 Å². The summed E-state index contributed by atoms with van der Waals surface area (Å²) in [7, 11) is 0. The Labute approximate surface area is 110 Å². The highest BCUT2D eigenvalue weighted by Gasteiger charge is 2.37. The van der Waals surface area contributed by atoms with Crippen LogP contribution in [0.4, 0.5) is 26.3 Å². The van der Waals surface area contributed by atoms with Crippen LogP contribution >= 0.6 is 0 Å². The third kappa shape index (κ3) is 4.14. The van der Waals surface area contributed by atoms with Crippen molar-refractivity contribution in [1.82, 2.24) is 0 Å². The summed E-state index contributed by atoms with van der Waals surface area (Å²) < 4.78 is 75.6. The van der Waals surface area contributed by atoms with Crippen molar-refractivity contribution < 1.29 is 31.1 Å². The molecule has 8 heteroatoms. The van der Waals surface area contributed by atoms with Crippen LogP contribution in [-0.2, 0) is 17.1 Å². The smallest absolute Gasteiger partial charge is 0.370 e. The number of carbonyl (C=O) groups is 1. The lowest BCUT2D eigenvalue weighted by atomic mass is 9.93. The standard InChI is InChI=1S/C12H11F6NO/c1-6(2-10(19)20)7-3-8(11(13,14)15)5-9(4-7)12(16,17)18/h3-6H,2H2,1H3,(H2,19,20)/t6-/m1/s1. The van der Waals surface area contributed by atoms with E-state index in [1.54, 1.807) is 0 Å². The molecule has 1 atom stereocenters. The number of halogens is 6. The maximum Gasteiger partial charge on any atom is 0.416 e. The average molecular weight is 299 g/mol.